The van der Waals surface area contributed by atoms with Gasteiger partial charge >= 0.3 is 0 Å². The maximum atomic E-state index is 8.67. The molecule has 0 saturated heterocycles. The van der Waals surface area contributed by atoms with Crippen LogP contribution in [0.4, 0.5) is 0 Å². The standard InChI is InChI=1S/C7H13OP/c1-9(7-4-8)5-2-3-6-9/h2-3,5,8H,4,6-7H2,1H3. The first-order chi connectivity index (χ1) is 4.27. The Balaban J connectivity index is 2.55. The molecule has 9 heavy (non-hydrogen) atoms. The van der Waals surface area contributed by atoms with Crippen LogP contribution in [-0.4, -0.2) is 36.5 Å². The lowest BCUT2D eigenvalue weighted by Gasteiger charge is -2.12. The minimum Gasteiger partial charge on any atom is -0.396 e. The molecule has 0 fully saturated rings. The normalized spacial score (nSPS) is 32.7. The second-order valence-corrected chi connectivity index (χ2v) is 6.76. The molecule has 0 aliphatic carbocycles. The third kappa shape index (κ3) is 1.70. The first kappa shape index (κ1) is 7.11. The molecule has 0 amide bonds. The van der Waals surface area contributed by atoms with Crippen LogP contribution in [0.15, 0.2) is 12.2 Å². The van der Waals surface area contributed by atoms with Crippen molar-refractivity contribution in [2.45, 2.75) is 0 Å². The largest absolute Gasteiger partial charge is 0.396 e. The highest BCUT2D eigenvalue weighted by atomic mass is 31.2. The van der Waals surface area contributed by atoms with Crippen LogP contribution in [0.1, 0.15) is 0 Å². The van der Waals surface area contributed by atoms with Crippen LogP contribution in [0.5, 0.6) is 0 Å². The van der Waals surface area contributed by atoms with E-state index in [0.717, 1.165) is 6.16 Å². The van der Waals surface area contributed by atoms with E-state index in [9.17, 15) is 0 Å². The Labute approximate surface area is 56.4 Å². The molecule has 1 aliphatic heterocycles. The maximum absolute atomic E-state index is 8.67. The third-order valence-electron chi connectivity index (χ3n) is 1.72. The predicted octanol–water partition coefficient (Wildman–Crippen LogP) is 0.998. The minimum atomic E-state index is -0.806. The van der Waals surface area contributed by atoms with Gasteiger partial charge in [0, 0.05) is 6.61 Å². The van der Waals surface area contributed by atoms with Crippen LogP contribution in [-0.2, 0) is 0 Å². The van der Waals surface area contributed by atoms with Gasteiger partial charge in [0.2, 0.25) is 0 Å². The van der Waals surface area contributed by atoms with Gasteiger partial charge in [0.1, 0.15) is 0 Å². The SMILES string of the molecule is CP1(CCO)=CC=CC1. The van der Waals surface area contributed by atoms with Crippen molar-refractivity contribution in [3.8, 4) is 0 Å². The van der Waals surface area contributed by atoms with Gasteiger partial charge in [0.05, 0.1) is 0 Å². The summed E-state index contributed by atoms with van der Waals surface area (Å²) in [4.78, 5) is 0. The van der Waals surface area contributed by atoms with Gasteiger partial charge in [-0.2, -0.15) is 0 Å². The van der Waals surface area contributed by atoms with E-state index in [4.69, 9.17) is 5.11 Å². The molecule has 0 bridgehead atoms. The van der Waals surface area contributed by atoms with Gasteiger partial charge in [0.25, 0.3) is 0 Å². The maximum Gasteiger partial charge on any atom is 0.0470 e. The molecule has 0 aromatic heterocycles. The molecule has 1 N–H and O–H groups in total. The Morgan fingerprint density at radius 3 is 2.89 bits per heavy atom. The molecule has 1 heterocycles. The van der Waals surface area contributed by atoms with Crippen LogP contribution < -0.4 is 0 Å². The predicted molar refractivity (Wildman–Crippen MR) is 44.9 cm³/mol. The molecule has 0 radical (unpaired) electrons. The average Bonchev–Trinajstić information content (AvgIpc) is 2.16. The number of rotatable bonds is 2. The van der Waals surface area contributed by atoms with Gasteiger partial charge in [-0.1, -0.05) is 17.9 Å². The van der Waals surface area contributed by atoms with Crippen LogP contribution >= 0.6 is 6.89 Å². The summed E-state index contributed by atoms with van der Waals surface area (Å²) in [6.45, 7) is 1.82. The monoisotopic (exact) mass is 144 g/mol. The summed E-state index contributed by atoms with van der Waals surface area (Å²) in [6.07, 6.45) is 6.53. The first-order valence-corrected chi connectivity index (χ1v) is 5.90. The Morgan fingerprint density at radius 2 is 2.44 bits per heavy atom. The van der Waals surface area contributed by atoms with Crippen molar-refractivity contribution in [2.75, 3.05) is 25.6 Å². The lowest BCUT2D eigenvalue weighted by molar-refractivity contribution is 0.321. The van der Waals surface area contributed by atoms with Crippen molar-refractivity contribution in [1.82, 2.24) is 0 Å². The van der Waals surface area contributed by atoms with E-state index in [2.05, 4.69) is 24.6 Å². The second-order valence-electron chi connectivity index (χ2n) is 2.69. The zero-order valence-corrected chi connectivity index (χ0v) is 6.64. The molecular formula is C7H13OP. The smallest absolute Gasteiger partial charge is 0.0470 e. The van der Waals surface area contributed by atoms with Crippen LogP contribution in [0.25, 0.3) is 0 Å². The van der Waals surface area contributed by atoms with Crippen LogP contribution in [0.3, 0.4) is 0 Å². The van der Waals surface area contributed by atoms with E-state index in [1.807, 2.05) is 0 Å². The molecule has 1 rings (SSSR count). The summed E-state index contributed by atoms with van der Waals surface area (Å²) in [5.41, 5.74) is 0. The molecule has 1 nitrogen and oxygen atoms in total. The molecule has 0 saturated carbocycles. The number of hydrogen-bond donors (Lipinski definition) is 1. The lowest BCUT2D eigenvalue weighted by atomic mass is 10.6. The lowest BCUT2D eigenvalue weighted by Crippen LogP contribution is -1.95. The summed E-state index contributed by atoms with van der Waals surface area (Å²) in [5, 5.41) is 8.67. The first-order valence-electron chi connectivity index (χ1n) is 3.23. The third-order valence-corrected chi connectivity index (χ3v) is 4.87. The molecule has 52 valence electrons. The van der Waals surface area contributed by atoms with Gasteiger partial charge in [0.15, 0.2) is 0 Å². The fourth-order valence-electron chi connectivity index (χ4n) is 1.03. The van der Waals surface area contributed by atoms with Gasteiger partial charge < -0.3 is 5.11 Å². The fraction of sp³-hybridized carbons (Fsp3) is 0.571. The molecule has 0 aromatic rings. The highest BCUT2D eigenvalue weighted by Gasteiger charge is 2.09. The van der Waals surface area contributed by atoms with Crippen molar-refractivity contribution < 1.29 is 5.11 Å². The van der Waals surface area contributed by atoms with E-state index in [1.165, 1.54) is 6.16 Å². The Kier molecular flexibility index (Phi) is 2.15. The van der Waals surface area contributed by atoms with Gasteiger partial charge in [-0.15, -0.1) is 6.89 Å². The molecular weight excluding hydrogens is 131 g/mol. The zero-order chi connectivity index (χ0) is 6.74. The van der Waals surface area contributed by atoms with Crippen LogP contribution in [0.2, 0.25) is 0 Å². The Bertz CT molecular complexity index is 170. The van der Waals surface area contributed by atoms with E-state index in [1.54, 1.807) is 0 Å². The summed E-state index contributed by atoms with van der Waals surface area (Å²) < 4.78 is 0. The Morgan fingerprint density at radius 1 is 1.67 bits per heavy atom. The molecule has 1 unspecified atom stereocenters. The van der Waals surface area contributed by atoms with Crippen molar-refractivity contribution in [3.63, 3.8) is 0 Å². The van der Waals surface area contributed by atoms with Gasteiger partial charge in [-0.3, -0.25) is 0 Å². The number of hydrogen-bond acceptors (Lipinski definition) is 1. The quantitative estimate of drug-likeness (QED) is 0.573. The average molecular weight is 144 g/mol. The summed E-state index contributed by atoms with van der Waals surface area (Å²) in [5.74, 6) is 2.28. The number of aliphatic hydroxyl groups is 1. The summed E-state index contributed by atoms with van der Waals surface area (Å²) in [6, 6.07) is 0. The summed E-state index contributed by atoms with van der Waals surface area (Å²) in [7, 11) is 0. The topological polar surface area (TPSA) is 20.2 Å². The zero-order valence-electron chi connectivity index (χ0n) is 5.75. The number of allylic oxidation sites excluding steroid dienone is 2. The molecule has 2 heteroatoms. The summed E-state index contributed by atoms with van der Waals surface area (Å²) >= 11 is 0. The minimum absolute atomic E-state index is 0.350. The van der Waals surface area contributed by atoms with Gasteiger partial charge in [-0.25, -0.2) is 0 Å². The van der Waals surface area contributed by atoms with E-state index >= 15 is 0 Å². The van der Waals surface area contributed by atoms with Crippen molar-refractivity contribution in [2.24, 2.45) is 0 Å². The highest BCUT2D eigenvalue weighted by molar-refractivity contribution is 7.75. The van der Waals surface area contributed by atoms with Crippen LogP contribution in [0, 0.1) is 0 Å². The van der Waals surface area contributed by atoms with E-state index < -0.39 is 6.89 Å². The highest BCUT2D eigenvalue weighted by Crippen LogP contribution is 2.44. The van der Waals surface area contributed by atoms with E-state index in [0.29, 0.717) is 6.61 Å². The fourth-order valence-corrected chi connectivity index (χ4v) is 3.08. The van der Waals surface area contributed by atoms with E-state index in [-0.39, 0.29) is 0 Å². The molecule has 1 atom stereocenters. The molecule has 0 aromatic carbocycles. The van der Waals surface area contributed by atoms with Gasteiger partial charge in [-0.05, 0) is 19.0 Å². The van der Waals surface area contributed by atoms with Crippen molar-refractivity contribution in [3.05, 3.63) is 12.2 Å². The molecule has 0 spiro atoms. The van der Waals surface area contributed by atoms with Crippen molar-refractivity contribution >= 4 is 12.7 Å². The Hall–Kier alpha value is 0. The second kappa shape index (κ2) is 2.72. The number of aliphatic hydroxyl groups excluding tert-OH is 1. The van der Waals surface area contributed by atoms with Crippen molar-refractivity contribution in [1.29, 1.82) is 0 Å². The molecule has 1 aliphatic rings.